The third-order valence-corrected chi connectivity index (χ3v) is 4.75. The van der Waals surface area contributed by atoms with Crippen molar-refractivity contribution in [1.29, 1.82) is 0 Å². The van der Waals surface area contributed by atoms with Crippen molar-refractivity contribution in [3.63, 3.8) is 0 Å². The van der Waals surface area contributed by atoms with E-state index in [9.17, 15) is 0 Å². The molecule has 1 heterocycles. The Labute approximate surface area is 176 Å². The second-order valence-corrected chi connectivity index (χ2v) is 6.58. The number of methoxy groups -OCH3 is 1. The van der Waals surface area contributed by atoms with Crippen molar-refractivity contribution >= 4 is 46.5 Å². The van der Waals surface area contributed by atoms with E-state index in [1.807, 2.05) is 73.8 Å². The first-order valence-corrected chi connectivity index (χ1v) is 9.13. The van der Waals surface area contributed by atoms with Gasteiger partial charge in [0.1, 0.15) is 11.6 Å². The lowest BCUT2D eigenvalue weighted by Crippen LogP contribution is -2.13. The van der Waals surface area contributed by atoms with Crippen LogP contribution in [0.3, 0.4) is 0 Å². The minimum Gasteiger partial charge on any atom is -0.497 e. The van der Waals surface area contributed by atoms with Crippen LogP contribution in [0.15, 0.2) is 72.8 Å². The number of para-hydroxylation sites is 2. The van der Waals surface area contributed by atoms with Gasteiger partial charge in [-0.05, 0) is 55.0 Å². The van der Waals surface area contributed by atoms with Gasteiger partial charge in [0, 0.05) is 23.8 Å². The van der Waals surface area contributed by atoms with E-state index < -0.39 is 0 Å². The van der Waals surface area contributed by atoms with Crippen LogP contribution in [0, 0.1) is 6.92 Å². The van der Waals surface area contributed by atoms with Gasteiger partial charge in [-0.2, -0.15) is 4.98 Å². The van der Waals surface area contributed by atoms with Gasteiger partial charge >= 0.3 is 0 Å². The number of rotatable bonds is 5. The topological polar surface area (TPSA) is 50.3 Å². The Balaban J connectivity index is 0.00000240. The van der Waals surface area contributed by atoms with Crippen LogP contribution in [0.5, 0.6) is 5.75 Å². The summed E-state index contributed by atoms with van der Waals surface area (Å²) in [5, 5.41) is 4.36. The molecular weight excluding hydrogens is 384 g/mol. The van der Waals surface area contributed by atoms with Gasteiger partial charge in [-0.25, -0.2) is 4.98 Å². The number of ether oxygens (including phenoxy) is 1. The normalized spacial score (nSPS) is 10.3. The number of fused-ring (bicyclic) bond motifs is 1. The molecule has 1 aromatic heterocycles. The number of nitrogens with one attached hydrogen (secondary N) is 1. The summed E-state index contributed by atoms with van der Waals surface area (Å²) < 4.78 is 5.27. The lowest BCUT2D eigenvalue weighted by molar-refractivity contribution is 0.415. The van der Waals surface area contributed by atoms with E-state index in [1.54, 1.807) is 7.11 Å². The maximum Gasteiger partial charge on any atom is 0.229 e. The zero-order chi connectivity index (χ0) is 19.5. The van der Waals surface area contributed by atoms with Crippen molar-refractivity contribution in [3.8, 4) is 5.75 Å². The van der Waals surface area contributed by atoms with Crippen molar-refractivity contribution in [1.82, 2.24) is 9.97 Å². The maximum atomic E-state index is 5.27. The average molecular weight is 407 g/mol. The summed E-state index contributed by atoms with van der Waals surface area (Å²) in [6.45, 7) is 2.06. The Kier molecular flexibility index (Phi) is 6.20. The van der Waals surface area contributed by atoms with Crippen molar-refractivity contribution in [2.45, 2.75) is 6.92 Å². The molecule has 6 heteroatoms. The molecule has 0 saturated heterocycles. The molecule has 0 fully saturated rings. The van der Waals surface area contributed by atoms with E-state index >= 15 is 0 Å². The molecule has 3 aromatic carbocycles. The number of hydrogen-bond acceptors (Lipinski definition) is 5. The molecular formula is C23H23ClN4O. The maximum absolute atomic E-state index is 5.27. The zero-order valence-corrected chi connectivity index (χ0v) is 17.4. The molecule has 0 amide bonds. The van der Waals surface area contributed by atoms with Crippen molar-refractivity contribution in [3.05, 3.63) is 78.4 Å². The first-order valence-electron chi connectivity index (χ1n) is 9.13. The second-order valence-electron chi connectivity index (χ2n) is 6.58. The Morgan fingerprint density at radius 1 is 0.862 bits per heavy atom. The highest BCUT2D eigenvalue weighted by molar-refractivity contribution is 5.92. The fourth-order valence-corrected chi connectivity index (χ4v) is 3.13. The second kappa shape index (κ2) is 8.80. The van der Waals surface area contributed by atoms with Gasteiger partial charge in [-0.15, -0.1) is 12.4 Å². The third-order valence-electron chi connectivity index (χ3n) is 4.75. The number of anilines is 4. The van der Waals surface area contributed by atoms with Gasteiger partial charge in [0.15, 0.2) is 0 Å². The summed E-state index contributed by atoms with van der Waals surface area (Å²) in [5.74, 6) is 2.24. The van der Waals surface area contributed by atoms with E-state index in [0.29, 0.717) is 5.95 Å². The SMILES string of the molecule is COc1ccc(N(C)c2nc(Nc3ccccc3C)nc3ccccc23)cc1.Cl. The van der Waals surface area contributed by atoms with Gasteiger partial charge in [0.25, 0.3) is 0 Å². The van der Waals surface area contributed by atoms with Crippen molar-refractivity contribution in [2.24, 2.45) is 0 Å². The summed E-state index contributed by atoms with van der Waals surface area (Å²) in [4.78, 5) is 11.6. The number of benzene rings is 3. The highest BCUT2D eigenvalue weighted by Crippen LogP contribution is 2.31. The molecule has 0 saturated carbocycles. The molecule has 0 atom stereocenters. The van der Waals surface area contributed by atoms with Gasteiger partial charge < -0.3 is 15.0 Å². The average Bonchev–Trinajstić information content (AvgIpc) is 2.74. The van der Waals surface area contributed by atoms with E-state index in [-0.39, 0.29) is 12.4 Å². The minimum absolute atomic E-state index is 0. The number of nitrogens with zero attached hydrogens (tertiary/aromatic N) is 3. The quantitative estimate of drug-likeness (QED) is 0.448. The molecule has 4 aromatic rings. The van der Waals surface area contributed by atoms with Crippen LogP contribution in [-0.2, 0) is 0 Å². The largest absolute Gasteiger partial charge is 0.497 e. The molecule has 0 bridgehead atoms. The summed E-state index contributed by atoms with van der Waals surface area (Å²) >= 11 is 0. The predicted octanol–water partition coefficient (Wildman–Crippen LogP) is 5.88. The highest BCUT2D eigenvalue weighted by atomic mass is 35.5. The van der Waals surface area contributed by atoms with E-state index in [2.05, 4.69) is 23.2 Å². The van der Waals surface area contributed by atoms with Gasteiger partial charge in [0.2, 0.25) is 5.95 Å². The summed E-state index contributed by atoms with van der Waals surface area (Å²) in [6, 6.07) is 24.1. The Morgan fingerprint density at radius 3 is 2.28 bits per heavy atom. The fraction of sp³-hybridized carbons (Fsp3) is 0.130. The first kappa shape index (κ1) is 20.4. The lowest BCUT2D eigenvalue weighted by Gasteiger charge is -2.21. The summed E-state index contributed by atoms with van der Waals surface area (Å²) in [5.41, 5.74) is 4.05. The zero-order valence-electron chi connectivity index (χ0n) is 16.6. The summed E-state index contributed by atoms with van der Waals surface area (Å²) in [7, 11) is 3.67. The van der Waals surface area contributed by atoms with E-state index in [4.69, 9.17) is 14.7 Å². The monoisotopic (exact) mass is 406 g/mol. The molecule has 148 valence electrons. The highest BCUT2D eigenvalue weighted by Gasteiger charge is 2.14. The smallest absolute Gasteiger partial charge is 0.229 e. The van der Waals surface area contributed by atoms with Crippen LogP contribution in [0.2, 0.25) is 0 Å². The van der Waals surface area contributed by atoms with Crippen LogP contribution < -0.4 is 15.0 Å². The van der Waals surface area contributed by atoms with Gasteiger partial charge in [-0.1, -0.05) is 30.3 Å². The lowest BCUT2D eigenvalue weighted by atomic mass is 10.2. The molecule has 5 nitrogen and oxygen atoms in total. The van der Waals surface area contributed by atoms with Crippen LogP contribution in [0.25, 0.3) is 10.9 Å². The summed E-state index contributed by atoms with van der Waals surface area (Å²) in [6.07, 6.45) is 0. The Hall–Kier alpha value is -3.31. The molecule has 0 spiro atoms. The molecule has 0 aliphatic rings. The first-order chi connectivity index (χ1) is 13.7. The third kappa shape index (κ3) is 4.25. The molecule has 0 aliphatic heterocycles. The predicted molar refractivity (Wildman–Crippen MR) is 122 cm³/mol. The van der Waals surface area contributed by atoms with E-state index in [0.717, 1.165) is 39.4 Å². The minimum atomic E-state index is 0. The van der Waals surface area contributed by atoms with Crippen molar-refractivity contribution in [2.75, 3.05) is 24.4 Å². The standard InChI is InChI=1S/C23H22N4O.ClH/c1-16-8-4-6-10-20(16)24-23-25-21-11-7-5-9-19(21)22(26-23)27(2)17-12-14-18(28-3)15-13-17;/h4-15H,1-3H3,(H,24,25,26);1H. The van der Waals surface area contributed by atoms with Crippen LogP contribution in [0.1, 0.15) is 5.56 Å². The Bertz CT molecular complexity index is 1120. The number of hydrogen-bond donors (Lipinski definition) is 1. The molecule has 29 heavy (non-hydrogen) atoms. The number of aromatic nitrogens is 2. The van der Waals surface area contributed by atoms with Crippen molar-refractivity contribution < 1.29 is 4.74 Å². The van der Waals surface area contributed by atoms with Crippen LogP contribution >= 0.6 is 12.4 Å². The van der Waals surface area contributed by atoms with Crippen LogP contribution in [0.4, 0.5) is 23.1 Å². The van der Waals surface area contributed by atoms with Gasteiger partial charge in [-0.3, -0.25) is 0 Å². The molecule has 0 unspecified atom stereocenters. The Morgan fingerprint density at radius 2 is 1.55 bits per heavy atom. The molecule has 0 radical (unpaired) electrons. The van der Waals surface area contributed by atoms with Crippen LogP contribution in [-0.4, -0.2) is 24.1 Å². The van der Waals surface area contributed by atoms with E-state index in [1.165, 1.54) is 0 Å². The number of aryl methyl sites for hydroxylation is 1. The fourth-order valence-electron chi connectivity index (χ4n) is 3.13. The number of halogens is 1. The molecule has 1 N–H and O–H groups in total. The molecule has 4 rings (SSSR count). The van der Waals surface area contributed by atoms with Gasteiger partial charge in [0.05, 0.1) is 12.6 Å². The molecule has 0 aliphatic carbocycles.